The van der Waals surface area contributed by atoms with E-state index in [2.05, 4.69) is 0 Å². The van der Waals surface area contributed by atoms with Crippen LogP contribution in [0.2, 0.25) is 0 Å². The van der Waals surface area contributed by atoms with E-state index in [1.807, 2.05) is 37.2 Å². The molecule has 18 heavy (non-hydrogen) atoms. The van der Waals surface area contributed by atoms with Crippen LogP contribution in [-0.2, 0) is 13.0 Å². The second-order valence-corrected chi connectivity index (χ2v) is 4.66. The number of likely N-dealkylation sites (N-methyl/N-ethyl adjacent to an activating group) is 1. The molecule has 2 N–H and O–H groups in total. The van der Waals surface area contributed by atoms with Crippen molar-refractivity contribution in [2.45, 2.75) is 13.0 Å². The van der Waals surface area contributed by atoms with Crippen molar-refractivity contribution >= 4 is 11.1 Å². The van der Waals surface area contributed by atoms with Crippen molar-refractivity contribution in [2.24, 2.45) is 5.73 Å². The SMILES string of the molecule is CN(C)CCn1c(=O)oc2ccc(CCN)cc21. The number of fused-ring (bicyclic) bond motifs is 1. The summed E-state index contributed by atoms with van der Waals surface area (Å²) in [6, 6.07) is 5.78. The molecule has 1 aromatic heterocycles. The van der Waals surface area contributed by atoms with Gasteiger partial charge in [-0.2, -0.15) is 0 Å². The number of rotatable bonds is 5. The van der Waals surface area contributed by atoms with Gasteiger partial charge in [0, 0.05) is 13.1 Å². The highest BCUT2D eigenvalue weighted by Gasteiger charge is 2.09. The van der Waals surface area contributed by atoms with E-state index in [9.17, 15) is 4.79 Å². The van der Waals surface area contributed by atoms with Crippen molar-refractivity contribution in [2.75, 3.05) is 27.2 Å². The first kappa shape index (κ1) is 12.9. The highest BCUT2D eigenvalue weighted by molar-refractivity contribution is 5.73. The van der Waals surface area contributed by atoms with Crippen LogP contribution in [-0.4, -0.2) is 36.7 Å². The standard InChI is InChI=1S/C13H19N3O2/c1-15(2)7-8-16-11-9-10(5-6-14)3-4-12(11)18-13(16)17/h3-4,9H,5-8,14H2,1-2H3. The molecule has 0 aliphatic rings. The Balaban J connectivity index is 2.40. The minimum absolute atomic E-state index is 0.295. The lowest BCUT2D eigenvalue weighted by Crippen LogP contribution is -2.23. The molecule has 1 heterocycles. The molecule has 0 spiro atoms. The van der Waals surface area contributed by atoms with Crippen molar-refractivity contribution in [3.05, 3.63) is 34.3 Å². The van der Waals surface area contributed by atoms with Gasteiger partial charge >= 0.3 is 5.76 Å². The van der Waals surface area contributed by atoms with Crippen LogP contribution in [0.5, 0.6) is 0 Å². The van der Waals surface area contributed by atoms with Gasteiger partial charge in [0.15, 0.2) is 5.58 Å². The van der Waals surface area contributed by atoms with Crippen molar-refractivity contribution in [1.82, 2.24) is 9.47 Å². The fraction of sp³-hybridized carbons (Fsp3) is 0.462. The van der Waals surface area contributed by atoms with Crippen LogP contribution in [0.3, 0.4) is 0 Å². The number of benzene rings is 1. The molecule has 0 saturated heterocycles. The second kappa shape index (κ2) is 5.37. The van der Waals surface area contributed by atoms with Gasteiger partial charge in [-0.3, -0.25) is 4.57 Å². The molecule has 0 amide bonds. The average molecular weight is 249 g/mol. The van der Waals surface area contributed by atoms with Gasteiger partial charge in [0.05, 0.1) is 5.52 Å². The van der Waals surface area contributed by atoms with Gasteiger partial charge in [0.1, 0.15) is 0 Å². The van der Waals surface area contributed by atoms with Gasteiger partial charge in [-0.25, -0.2) is 4.79 Å². The van der Waals surface area contributed by atoms with Crippen molar-refractivity contribution in [3.63, 3.8) is 0 Å². The minimum Gasteiger partial charge on any atom is -0.408 e. The minimum atomic E-state index is -0.295. The van der Waals surface area contributed by atoms with E-state index in [-0.39, 0.29) is 5.76 Å². The molecule has 98 valence electrons. The van der Waals surface area contributed by atoms with Gasteiger partial charge in [-0.1, -0.05) is 6.07 Å². The van der Waals surface area contributed by atoms with Gasteiger partial charge < -0.3 is 15.1 Å². The average Bonchev–Trinajstić information content (AvgIpc) is 2.62. The van der Waals surface area contributed by atoms with Crippen LogP contribution in [0.4, 0.5) is 0 Å². The molecule has 0 aliphatic carbocycles. The largest absolute Gasteiger partial charge is 0.419 e. The number of nitrogens with two attached hydrogens (primary N) is 1. The summed E-state index contributed by atoms with van der Waals surface area (Å²) in [4.78, 5) is 13.8. The molecule has 5 heteroatoms. The van der Waals surface area contributed by atoms with Crippen molar-refractivity contribution < 1.29 is 4.42 Å². The first-order valence-electron chi connectivity index (χ1n) is 6.09. The predicted octanol–water partition coefficient (Wildman–Crippen LogP) is 0.657. The summed E-state index contributed by atoms with van der Waals surface area (Å²) in [5.74, 6) is -0.295. The molecule has 0 radical (unpaired) electrons. The molecule has 0 aliphatic heterocycles. The zero-order valence-electron chi connectivity index (χ0n) is 10.8. The van der Waals surface area contributed by atoms with E-state index in [0.29, 0.717) is 18.7 Å². The molecule has 0 atom stereocenters. The number of oxazole rings is 1. The summed E-state index contributed by atoms with van der Waals surface area (Å²) in [6.45, 7) is 2.03. The molecular formula is C13H19N3O2. The Hall–Kier alpha value is -1.59. The maximum Gasteiger partial charge on any atom is 0.419 e. The van der Waals surface area contributed by atoms with Crippen LogP contribution in [0.25, 0.3) is 11.1 Å². The van der Waals surface area contributed by atoms with E-state index in [1.54, 1.807) is 4.57 Å². The van der Waals surface area contributed by atoms with Crippen LogP contribution >= 0.6 is 0 Å². The summed E-state index contributed by atoms with van der Waals surface area (Å²) in [7, 11) is 3.96. The Labute approximate surface area is 106 Å². The number of aromatic nitrogens is 1. The van der Waals surface area contributed by atoms with E-state index in [1.165, 1.54) is 0 Å². The number of nitrogens with zero attached hydrogens (tertiary/aromatic N) is 2. The third kappa shape index (κ3) is 2.63. The third-order valence-corrected chi connectivity index (χ3v) is 2.94. The number of hydrogen-bond acceptors (Lipinski definition) is 4. The molecule has 5 nitrogen and oxygen atoms in total. The molecule has 2 aromatic rings. The van der Waals surface area contributed by atoms with Crippen molar-refractivity contribution in [3.8, 4) is 0 Å². The Bertz CT molecular complexity index is 583. The fourth-order valence-electron chi connectivity index (χ4n) is 1.94. The summed E-state index contributed by atoms with van der Waals surface area (Å²) in [5, 5.41) is 0. The van der Waals surface area contributed by atoms with Crippen LogP contribution in [0.15, 0.2) is 27.4 Å². The molecule has 0 unspecified atom stereocenters. The molecule has 0 saturated carbocycles. The van der Waals surface area contributed by atoms with Gasteiger partial charge in [-0.15, -0.1) is 0 Å². The monoisotopic (exact) mass is 249 g/mol. The van der Waals surface area contributed by atoms with E-state index in [0.717, 1.165) is 24.0 Å². The van der Waals surface area contributed by atoms with Crippen LogP contribution < -0.4 is 11.5 Å². The molecule has 0 bridgehead atoms. The summed E-state index contributed by atoms with van der Waals surface area (Å²) in [6.07, 6.45) is 0.809. The Morgan fingerprint density at radius 3 is 2.83 bits per heavy atom. The second-order valence-electron chi connectivity index (χ2n) is 4.66. The Morgan fingerprint density at radius 1 is 1.39 bits per heavy atom. The third-order valence-electron chi connectivity index (χ3n) is 2.94. The van der Waals surface area contributed by atoms with E-state index in [4.69, 9.17) is 10.2 Å². The highest BCUT2D eigenvalue weighted by atomic mass is 16.4. The zero-order valence-corrected chi connectivity index (χ0v) is 10.8. The molecule has 1 aromatic carbocycles. The lowest BCUT2D eigenvalue weighted by molar-refractivity contribution is 0.374. The Kier molecular flexibility index (Phi) is 3.84. The van der Waals surface area contributed by atoms with Crippen molar-refractivity contribution in [1.29, 1.82) is 0 Å². The topological polar surface area (TPSA) is 64.4 Å². The maximum absolute atomic E-state index is 11.8. The summed E-state index contributed by atoms with van der Waals surface area (Å²) < 4.78 is 6.90. The number of hydrogen-bond donors (Lipinski definition) is 1. The molecular weight excluding hydrogens is 230 g/mol. The van der Waals surface area contributed by atoms with Gasteiger partial charge in [0.25, 0.3) is 0 Å². The Morgan fingerprint density at radius 2 is 2.17 bits per heavy atom. The highest BCUT2D eigenvalue weighted by Crippen LogP contribution is 2.15. The van der Waals surface area contributed by atoms with Crippen LogP contribution in [0, 0.1) is 0 Å². The quantitative estimate of drug-likeness (QED) is 0.845. The molecule has 2 rings (SSSR count). The first-order valence-corrected chi connectivity index (χ1v) is 6.09. The fourth-order valence-corrected chi connectivity index (χ4v) is 1.94. The van der Waals surface area contributed by atoms with Crippen LogP contribution in [0.1, 0.15) is 5.56 Å². The summed E-state index contributed by atoms with van der Waals surface area (Å²) >= 11 is 0. The smallest absolute Gasteiger partial charge is 0.408 e. The predicted molar refractivity (Wildman–Crippen MR) is 71.8 cm³/mol. The summed E-state index contributed by atoms with van der Waals surface area (Å²) in [5.41, 5.74) is 8.17. The zero-order chi connectivity index (χ0) is 13.1. The first-order chi connectivity index (χ1) is 8.61. The van der Waals surface area contributed by atoms with E-state index < -0.39 is 0 Å². The normalized spacial score (nSPS) is 11.6. The lowest BCUT2D eigenvalue weighted by atomic mass is 10.1. The molecule has 0 fully saturated rings. The van der Waals surface area contributed by atoms with Gasteiger partial charge in [0.2, 0.25) is 0 Å². The van der Waals surface area contributed by atoms with E-state index >= 15 is 0 Å². The van der Waals surface area contributed by atoms with Gasteiger partial charge in [-0.05, 0) is 44.8 Å². The lowest BCUT2D eigenvalue weighted by Gasteiger charge is -2.09. The maximum atomic E-state index is 11.8.